The molecule has 1 aliphatic heterocycles. The van der Waals surface area contributed by atoms with Crippen LogP contribution < -0.4 is 10.1 Å². The lowest BCUT2D eigenvalue weighted by atomic mass is 10.0. The van der Waals surface area contributed by atoms with E-state index in [1.165, 1.54) is 17.6 Å². The predicted molar refractivity (Wildman–Crippen MR) is 63.1 cm³/mol. The van der Waals surface area contributed by atoms with E-state index in [2.05, 4.69) is 23.5 Å². The van der Waals surface area contributed by atoms with Crippen molar-refractivity contribution in [2.75, 3.05) is 20.2 Å². The van der Waals surface area contributed by atoms with E-state index in [0.717, 1.165) is 25.3 Å². The van der Waals surface area contributed by atoms with Crippen LogP contribution in [0.15, 0.2) is 30.3 Å². The third kappa shape index (κ3) is 2.60. The molecule has 0 radical (unpaired) electrons. The average molecular weight is 203 g/mol. The molecule has 0 bridgehead atoms. The van der Waals surface area contributed by atoms with E-state index in [0.29, 0.717) is 0 Å². The van der Waals surface area contributed by atoms with Crippen LogP contribution >= 0.6 is 0 Å². The molecule has 0 saturated heterocycles. The van der Waals surface area contributed by atoms with E-state index in [1.54, 1.807) is 7.11 Å². The lowest BCUT2D eigenvalue weighted by Gasteiger charge is -2.07. The number of rotatable bonds is 2. The molecule has 2 rings (SSSR count). The van der Waals surface area contributed by atoms with Gasteiger partial charge in [-0.15, -0.1) is 0 Å². The van der Waals surface area contributed by atoms with Gasteiger partial charge in [-0.1, -0.05) is 18.2 Å². The minimum Gasteiger partial charge on any atom is -0.497 e. The molecule has 1 heterocycles. The molecule has 0 saturated carbocycles. The highest BCUT2D eigenvalue weighted by Crippen LogP contribution is 2.24. The zero-order valence-corrected chi connectivity index (χ0v) is 9.12. The van der Waals surface area contributed by atoms with Crippen molar-refractivity contribution in [3.63, 3.8) is 0 Å². The van der Waals surface area contributed by atoms with Crippen LogP contribution in [-0.4, -0.2) is 20.2 Å². The summed E-state index contributed by atoms with van der Waals surface area (Å²) in [4.78, 5) is 0. The smallest absolute Gasteiger partial charge is 0.119 e. The van der Waals surface area contributed by atoms with Crippen LogP contribution in [0.1, 0.15) is 18.4 Å². The van der Waals surface area contributed by atoms with Crippen LogP contribution in [-0.2, 0) is 0 Å². The Balaban J connectivity index is 2.23. The Morgan fingerprint density at radius 2 is 2.27 bits per heavy atom. The summed E-state index contributed by atoms with van der Waals surface area (Å²) in [5.41, 5.74) is 2.72. The van der Waals surface area contributed by atoms with Gasteiger partial charge >= 0.3 is 0 Å². The number of hydrogen-bond acceptors (Lipinski definition) is 2. The second kappa shape index (κ2) is 4.99. The first kappa shape index (κ1) is 10.2. The zero-order valence-electron chi connectivity index (χ0n) is 9.12. The maximum atomic E-state index is 5.23. The highest BCUT2D eigenvalue weighted by Gasteiger charge is 2.05. The van der Waals surface area contributed by atoms with Gasteiger partial charge in [0.2, 0.25) is 0 Å². The van der Waals surface area contributed by atoms with Gasteiger partial charge < -0.3 is 10.1 Å². The van der Waals surface area contributed by atoms with Crippen LogP contribution in [0.2, 0.25) is 0 Å². The Labute approximate surface area is 91.0 Å². The van der Waals surface area contributed by atoms with Gasteiger partial charge in [-0.3, -0.25) is 0 Å². The Bertz CT molecular complexity index is 357. The van der Waals surface area contributed by atoms with Crippen LogP contribution in [0.25, 0.3) is 5.57 Å². The Hall–Kier alpha value is -1.28. The normalized spacial score (nSPS) is 16.7. The second-order valence-electron chi connectivity index (χ2n) is 3.77. The van der Waals surface area contributed by atoms with Crippen LogP contribution in [0.4, 0.5) is 0 Å². The minimum absolute atomic E-state index is 0.936. The molecule has 2 heteroatoms. The topological polar surface area (TPSA) is 21.3 Å². The molecule has 0 aromatic heterocycles. The maximum Gasteiger partial charge on any atom is 0.119 e. The van der Waals surface area contributed by atoms with E-state index in [1.807, 2.05) is 12.1 Å². The highest BCUT2D eigenvalue weighted by atomic mass is 16.5. The Morgan fingerprint density at radius 3 is 3.13 bits per heavy atom. The number of ether oxygens (including phenoxy) is 1. The molecule has 80 valence electrons. The molecular weight excluding hydrogens is 186 g/mol. The first-order valence-corrected chi connectivity index (χ1v) is 5.44. The van der Waals surface area contributed by atoms with Crippen molar-refractivity contribution >= 4 is 5.57 Å². The quantitative estimate of drug-likeness (QED) is 0.797. The van der Waals surface area contributed by atoms with Crippen molar-refractivity contribution < 1.29 is 4.74 Å². The molecule has 1 aliphatic rings. The molecule has 1 N–H and O–H groups in total. The van der Waals surface area contributed by atoms with E-state index in [4.69, 9.17) is 4.74 Å². The second-order valence-corrected chi connectivity index (χ2v) is 3.77. The maximum absolute atomic E-state index is 5.23. The number of nitrogens with one attached hydrogen (secondary N) is 1. The van der Waals surface area contributed by atoms with E-state index < -0.39 is 0 Å². The van der Waals surface area contributed by atoms with Gasteiger partial charge in [-0.05, 0) is 42.7 Å². The summed E-state index contributed by atoms with van der Waals surface area (Å²) in [5, 5.41) is 3.37. The zero-order chi connectivity index (χ0) is 10.5. The first-order chi connectivity index (χ1) is 7.40. The average Bonchev–Trinajstić information content (AvgIpc) is 2.58. The largest absolute Gasteiger partial charge is 0.497 e. The van der Waals surface area contributed by atoms with Crippen LogP contribution in [0.3, 0.4) is 0 Å². The lowest BCUT2D eigenvalue weighted by molar-refractivity contribution is 0.414. The van der Waals surface area contributed by atoms with Gasteiger partial charge in [0.1, 0.15) is 5.75 Å². The Kier molecular flexibility index (Phi) is 3.41. The molecule has 0 fully saturated rings. The number of hydrogen-bond donors (Lipinski definition) is 1. The van der Waals surface area contributed by atoms with Crippen LogP contribution in [0, 0.1) is 0 Å². The highest BCUT2D eigenvalue weighted by molar-refractivity contribution is 5.67. The van der Waals surface area contributed by atoms with Crippen molar-refractivity contribution in [3.8, 4) is 5.75 Å². The fraction of sp³-hybridized carbons (Fsp3) is 0.385. The van der Waals surface area contributed by atoms with Crippen molar-refractivity contribution in [3.05, 3.63) is 35.9 Å². The third-order valence-electron chi connectivity index (χ3n) is 2.73. The molecule has 15 heavy (non-hydrogen) atoms. The fourth-order valence-corrected chi connectivity index (χ4v) is 1.89. The summed E-state index contributed by atoms with van der Waals surface area (Å²) < 4.78 is 5.23. The van der Waals surface area contributed by atoms with Gasteiger partial charge in [-0.2, -0.15) is 0 Å². The summed E-state index contributed by atoms with van der Waals surface area (Å²) in [7, 11) is 1.71. The number of benzene rings is 1. The van der Waals surface area contributed by atoms with Crippen molar-refractivity contribution in [1.29, 1.82) is 0 Å². The standard InChI is InChI=1S/C13H17NO/c1-15-13-6-2-4-12(10-13)11-5-3-8-14-9-7-11/h2,4,6-7,10,14H,3,5,8-9H2,1H3. The molecule has 0 aliphatic carbocycles. The third-order valence-corrected chi connectivity index (χ3v) is 2.73. The summed E-state index contributed by atoms with van der Waals surface area (Å²) >= 11 is 0. The van der Waals surface area contributed by atoms with E-state index in [-0.39, 0.29) is 0 Å². The van der Waals surface area contributed by atoms with Crippen molar-refractivity contribution in [2.45, 2.75) is 12.8 Å². The molecule has 2 nitrogen and oxygen atoms in total. The monoisotopic (exact) mass is 203 g/mol. The van der Waals surface area contributed by atoms with Crippen LogP contribution in [0.5, 0.6) is 5.75 Å². The van der Waals surface area contributed by atoms with Gasteiger partial charge in [0.15, 0.2) is 0 Å². The first-order valence-electron chi connectivity index (χ1n) is 5.44. The SMILES string of the molecule is COc1cccc(C2=CCNCCC2)c1. The summed E-state index contributed by atoms with van der Waals surface area (Å²) in [6, 6.07) is 8.29. The molecular formula is C13H17NO. The molecule has 0 amide bonds. The fourth-order valence-electron chi connectivity index (χ4n) is 1.89. The molecule has 0 unspecified atom stereocenters. The van der Waals surface area contributed by atoms with Gasteiger partial charge in [0.25, 0.3) is 0 Å². The summed E-state index contributed by atoms with van der Waals surface area (Å²) in [6.07, 6.45) is 4.64. The minimum atomic E-state index is 0.936. The number of methoxy groups -OCH3 is 1. The summed E-state index contributed by atoms with van der Waals surface area (Å²) in [5.74, 6) is 0.936. The Morgan fingerprint density at radius 1 is 1.33 bits per heavy atom. The molecule has 0 atom stereocenters. The van der Waals surface area contributed by atoms with Crippen molar-refractivity contribution in [2.24, 2.45) is 0 Å². The number of allylic oxidation sites excluding steroid dienone is 1. The predicted octanol–water partition coefficient (Wildman–Crippen LogP) is 2.46. The van der Waals surface area contributed by atoms with Gasteiger partial charge in [0, 0.05) is 6.54 Å². The lowest BCUT2D eigenvalue weighted by Crippen LogP contribution is -2.12. The van der Waals surface area contributed by atoms with Gasteiger partial charge in [0.05, 0.1) is 7.11 Å². The summed E-state index contributed by atoms with van der Waals surface area (Å²) in [6.45, 7) is 2.09. The van der Waals surface area contributed by atoms with Crippen molar-refractivity contribution in [1.82, 2.24) is 5.32 Å². The molecule has 0 spiro atoms. The molecule has 1 aromatic rings. The molecule has 1 aromatic carbocycles. The van der Waals surface area contributed by atoms with Gasteiger partial charge in [-0.25, -0.2) is 0 Å². The van der Waals surface area contributed by atoms with E-state index in [9.17, 15) is 0 Å². The van der Waals surface area contributed by atoms with E-state index >= 15 is 0 Å².